The number of nitrogens with one attached hydrogen (secondary N) is 1. The number of halogens is 2. The average molecular weight is 313 g/mol. The van der Waals surface area contributed by atoms with Gasteiger partial charge in [0.05, 0.1) is 17.6 Å². The van der Waals surface area contributed by atoms with Gasteiger partial charge in [-0.1, -0.05) is 36.0 Å². The Kier molecular flexibility index (Phi) is 3.38. The van der Waals surface area contributed by atoms with Gasteiger partial charge in [-0.3, -0.25) is 4.79 Å². The van der Waals surface area contributed by atoms with Gasteiger partial charge in [-0.15, -0.1) is 0 Å². The predicted molar refractivity (Wildman–Crippen MR) is 78.3 cm³/mol. The molecule has 4 nitrogen and oxygen atoms in total. The Morgan fingerprint density at radius 3 is 2.20 bits per heavy atom. The van der Waals surface area contributed by atoms with Crippen LogP contribution in [-0.4, -0.2) is 17.5 Å². The molecule has 1 saturated heterocycles. The zero-order valence-electron chi connectivity index (χ0n) is 10.8. The minimum Gasteiger partial charge on any atom is -0.331 e. The van der Waals surface area contributed by atoms with Crippen LogP contribution in [-0.2, 0) is 4.79 Å². The molecule has 0 radical (unpaired) electrons. The minimum absolute atomic E-state index is 0.200. The molecule has 0 aromatic heterocycles. The summed E-state index contributed by atoms with van der Waals surface area (Å²) >= 11 is 11.9. The van der Waals surface area contributed by atoms with E-state index in [9.17, 15) is 9.59 Å². The van der Waals surface area contributed by atoms with Crippen molar-refractivity contribution in [2.24, 2.45) is 0 Å². The molecule has 1 aliphatic heterocycles. The SMILES string of the molecule is O=C1CC2(CCCC2)NC(=O)N1c1cc(Cl)cc(Cl)c1. The average Bonchev–Trinajstić information content (AvgIpc) is 2.74. The number of rotatable bonds is 1. The zero-order valence-corrected chi connectivity index (χ0v) is 12.3. The van der Waals surface area contributed by atoms with Gasteiger partial charge in [-0.2, -0.15) is 0 Å². The molecule has 106 valence electrons. The summed E-state index contributed by atoms with van der Waals surface area (Å²) in [5.74, 6) is -0.200. The minimum atomic E-state index is -0.388. The summed E-state index contributed by atoms with van der Waals surface area (Å²) < 4.78 is 0. The fourth-order valence-corrected chi connectivity index (χ4v) is 3.61. The van der Waals surface area contributed by atoms with Crippen LogP contribution in [0.2, 0.25) is 10.0 Å². The molecule has 1 heterocycles. The van der Waals surface area contributed by atoms with E-state index >= 15 is 0 Å². The lowest BCUT2D eigenvalue weighted by molar-refractivity contribution is -0.120. The second-order valence-corrected chi connectivity index (χ2v) is 6.32. The van der Waals surface area contributed by atoms with Crippen molar-refractivity contribution in [3.05, 3.63) is 28.2 Å². The Labute approximate surface area is 127 Å². The lowest BCUT2D eigenvalue weighted by atomic mass is 9.90. The molecule has 3 amide bonds. The quantitative estimate of drug-likeness (QED) is 0.858. The molecule has 1 saturated carbocycles. The fourth-order valence-electron chi connectivity index (χ4n) is 3.09. The molecule has 0 unspecified atom stereocenters. The first kappa shape index (κ1) is 13.7. The van der Waals surface area contributed by atoms with E-state index in [1.54, 1.807) is 18.2 Å². The van der Waals surface area contributed by atoms with E-state index in [-0.39, 0.29) is 17.5 Å². The number of anilines is 1. The summed E-state index contributed by atoms with van der Waals surface area (Å²) in [6.45, 7) is 0. The van der Waals surface area contributed by atoms with Crippen molar-refractivity contribution in [3.8, 4) is 0 Å². The summed E-state index contributed by atoms with van der Waals surface area (Å²) in [4.78, 5) is 25.8. The standard InChI is InChI=1S/C14H14Cl2N2O2/c15-9-5-10(16)7-11(6-9)18-12(19)8-14(17-13(18)20)3-1-2-4-14/h5-7H,1-4,8H2,(H,17,20). The van der Waals surface area contributed by atoms with Crippen LogP contribution in [0.3, 0.4) is 0 Å². The molecule has 3 rings (SSSR count). The van der Waals surface area contributed by atoms with Crippen LogP contribution < -0.4 is 10.2 Å². The molecule has 1 aromatic rings. The number of nitrogens with zero attached hydrogens (tertiary/aromatic N) is 1. The third-order valence-electron chi connectivity index (χ3n) is 3.98. The number of carbonyl (C=O) groups excluding carboxylic acids is 2. The van der Waals surface area contributed by atoms with E-state index < -0.39 is 0 Å². The molecule has 20 heavy (non-hydrogen) atoms. The van der Waals surface area contributed by atoms with Crippen LogP contribution in [0.15, 0.2) is 18.2 Å². The van der Waals surface area contributed by atoms with E-state index in [4.69, 9.17) is 23.2 Å². The number of urea groups is 1. The van der Waals surface area contributed by atoms with Crippen molar-refractivity contribution in [2.45, 2.75) is 37.6 Å². The van der Waals surface area contributed by atoms with Gasteiger partial charge in [0, 0.05) is 10.0 Å². The Hall–Kier alpha value is -1.26. The third-order valence-corrected chi connectivity index (χ3v) is 4.42. The van der Waals surface area contributed by atoms with Crippen molar-refractivity contribution in [3.63, 3.8) is 0 Å². The summed E-state index contributed by atoms with van der Waals surface area (Å²) in [6.07, 6.45) is 4.18. The number of hydrogen-bond donors (Lipinski definition) is 1. The number of imide groups is 1. The van der Waals surface area contributed by atoms with E-state index in [0.29, 0.717) is 22.2 Å². The molecule has 1 N–H and O–H groups in total. The molecule has 1 aliphatic carbocycles. The topological polar surface area (TPSA) is 49.4 Å². The Morgan fingerprint density at radius 2 is 1.65 bits per heavy atom. The van der Waals surface area contributed by atoms with Gasteiger partial charge in [-0.25, -0.2) is 9.69 Å². The summed E-state index contributed by atoms with van der Waals surface area (Å²) in [5.41, 5.74) is 0.0744. The van der Waals surface area contributed by atoms with Gasteiger partial charge >= 0.3 is 6.03 Å². The van der Waals surface area contributed by atoms with Crippen molar-refractivity contribution in [1.82, 2.24) is 5.32 Å². The van der Waals surface area contributed by atoms with Crippen LogP contribution in [0.5, 0.6) is 0 Å². The van der Waals surface area contributed by atoms with Crippen LogP contribution in [0.25, 0.3) is 0 Å². The largest absolute Gasteiger partial charge is 0.331 e. The Bertz CT molecular complexity index is 542. The molecule has 0 bridgehead atoms. The number of hydrogen-bond acceptors (Lipinski definition) is 2. The lowest BCUT2D eigenvalue weighted by Gasteiger charge is -2.38. The first-order chi connectivity index (χ1) is 9.49. The van der Waals surface area contributed by atoms with E-state index in [1.807, 2.05) is 0 Å². The van der Waals surface area contributed by atoms with E-state index in [0.717, 1.165) is 30.6 Å². The van der Waals surface area contributed by atoms with Crippen molar-refractivity contribution >= 4 is 40.8 Å². The smallest absolute Gasteiger partial charge is 0.329 e. The molecular formula is C14H14Cl2N2O2. The highest BCUT2D eigenvalue weighted by Crippen LogP contribution is 2.37. The highest BCUT2D eigenvalue weighted by atomic mass is 35.5. The summed E-state index contributed by atoms with van der Waals surface area (Å²) in [7, 11) is 0. The number of amides is 3. The van der Waals surface area contributed by atoms with Gasteiger partial charge in [0.2, 0.25) is 5.91 Å². The first-order valence-corrected chi connectivity index (χ1v) is 7.36. The van der Waals surface area contributed by atoms with Gasteiger partial charge in [0.1, 0.15) is 0 Å². The molecular weight excluding hydrogens is 299 g/mol. The van der Waals surface area contributed by atoms with Gasteiger partial charge in [-0.05, 0) is 31.0 Å². The van der Waals surface area contributed by atoms with Crippen LogP contribution >= 0.6 is 23.2 Å². The second-order valence-electron chi connectivity index (χ2n) is 5.45. The molecule has 2 fully saturated rings. The van der Waals surface area contributed by atoms with Crippen LogP contribution in [0.1, 0.15) is 32.1 Å². The monoisotopic (exact) mass is 312 g/mol. The van der Waals surface area contributed by atoms with Gasteiger partial charge in [0.25, 0.3) is 0 Å². The zero-order chi connectivity index (χ0) is 14.3. The molecule has 2 aliphatic rings. The molecule has 1 spiro atoms. The predicted octanol–water partition coefficient (Wildman–Crippen LogP) is 3.75. The number of benzene rings is 1. The van der Waals surface area contributed by atoms with Crippen molar-refractivity contribution < 1.29 is 9.59 Å². The lowest BCUT2D eigenvalue weighted by Crippen LogP contribution is -2.61. The van der Waals surface area contributed by atoms with Crippen LogP contribution in [0.4, 0.5) is 10.5 Å². The third kappa shape index (κ3) is 2.38. The van der Waals surface area contributed by atoms with Crippen molar-refractivity contribution in [1.29, 1.82) is 0 Å². The number of carbonyl (C=O) groups is 2. The normalized spacial score (nSPS) is 21.4. The first-order valence-electron chi connectivity index (χ1n) is 6.60. The molecule has 0 atom stereocenters. The fraction of sp³-hybridized carbons (Fsp3) is 0.429. The molecule has 1 aromatic carbocycles. The van der Waals surface area contributed by atoms with Crippen molar-refractivity contribution in [2.75, 3.05) is 4.90 Å². The molecule has 6 heteroatoms. The maximum Gasteiger partial charge on any atom is 0.329 e. The Morgan fingerprint density at radius 1 is 1.05 bits per heavy atom. The maximum atomic E-state index is 12.4. The van der Waals surface area contributed by atoms with Gasteiger partial charge < -0.3 is 5.32 Å². The van der Waals surface area contributed by atoms with Gasteiger partial charge in [0.15, 0.2) is 0 Å². The Balaban J connectivity index is 1.91. The maximum absolute atomic E-state index is 12.4. The summed E-state index contributed by atoms with van der Waals surface area (Å²) in [6, 6.07) is 4.31. The van der Waals surface area contributed by atoms with E-state index in [2.05, 4.69) is 5.32 Å². The highest BCUT2D eigenvalue weighted by Gasteiger charge is 2.45. The second kappa shape index (κ2) is 4.93. The van der Waals surface area contributed by atoms with E-state index in [1.165, 1.54) is 0 Å². The van der Waals surface area contributed by atoms with Crippen LogP contribution in [0, 0.1) is 0 Å². The highest BCUT2D eigenvalue weighted by molar-refractivity contribution is 6.35. The summed E-state index contributed by atoms with van der Waals surface area (Å²) in [5, 5.41) is 3.78.